The van der Waals surface area contributed by atoms with Crippen LogP contribution in [-0.4, -0.2) is 38.5 Å². The maximum absolute atomic E-state index is 10.9. The van der Waals surface area contributed by atoms with Gasteiger partial charge in [0, 0.05) is 12.6 Å². The molecule has 1 amide bonds. The minimum absolute atomic E-state index is 0.123. The lowest BCUT2D eigenvalue weighted by atomic mass is 10.3. The summed E-state index contributed by atoms with van der Waals surface area (Å²) in [4.78, 5) is 14.7. The second kappa shape index (κ2) is 6.67. The van der Waals surface area contributed by atoms with E-state index in [1.807, 2.05) is 0 Å². The predicted molar refractivity (Wildman–Crippen MR) is 72.3 cm³/mol. The first kappa shape index (κ1) is 14.0. The number of amides is 1. The molecule has 0 aliphatic heterocycles. The number of aliphatic hydroxyl groups is 1. The Morgan fingerprint density at radius 1 is 1.45 bits per heavy atom. The summed E-state index contributed by atoms with van der Waals surface area (Å²) in [6, 6.07) is 6.93. The number of aromatic nitrogens is 3. The molecule has 2 aromatic rings. The van der Waals surface area contributed by atoms with Crippen LogP contribution in [0.25, 0.3) is 0 Å². The number of ether oxygens (including phenoxy) is 1. The Bertz CT molecular complexity index is 539. The highest BCUT2D eigenvalue weighted by Crippen LogP contribution is 2.15. The first-order chi connectivity index (χ1) is 9.63. The van der Waals surface area contributed by atoms with Gasteiger partial charge in [0.15, 0.2) is 0 Å². The van der Waals surface area contributed by atoms with Gasteiger partial charge in [-0.1, -0.05) is 0 Å². The zero-order valence-electron chi connectivity index (χ0n) is 11.1. The third-order valence-corrected chi connectivity index (χ3v) is 2.48. The molecule has 1 aromatic carbocycles. The van der Waals surface area contributed by atoms with Crippen LogP contribution in [0, 0.1) is 0 Å². The number of carbonyl (C=O) groups is 1. The summed E-state index contributed by atoms with van der Waals surface area (Å²) in [5.74, 6) is 0.499. The van der Waals surface area contributed by atoms with E-state index in [2.05, 4.69) is 15.4 Å². The van der Waals surface area contributed by atoms with Crippen molar-refractivity contribution in [2.24, 2.45) is 0 Å². The minimum atomic E-state index is -0.674. The van der Waals surface area contributed by atoms with Crippen LogP contribution in [0.4, 0.5) is 5.69 Å². The van der Waals surface area contributed by atoms with Crippen LogP contribution in [-0.2, 0) is 11.3 Å². The molecule has 1 heterocycles. The summed E-state index contributed by atoms with van der Waals surface area (Å²) in [5, 5.41) is 16.3. The van der Waals surface area contributed by atoms with Crippen molar-refractivity contribution in [1.29, 1.82) is 0 Å². The fraction of sp³-hybridized carbons (Fsp3) is 0.308. The second-order valence-corrected chi connectivity index (χ2v) is 4.29. The molecule has 0 unspecified atom stereocenters. The average Bonchev–Trinajstić information content (AvgIpc) is 2.90. The molecule has 2 N–H and O–H groups in total. The molecule has 0 radical (unpaired) electrons. The van der Waals surface area contributed by atoms with Gasteiger partial charge in [-0.2, -0.15) is 5.10 Å². The minimum Gasteiger partial charge on any atom is -0.491 e. The van der Waals surface area contributed by atoms with Crippen LogP contribution in [0.15, 0.2) is 36.9 Å². The van der Waals surface area contributed by atoms with Crippen LogP contribution < -0.4 is 10.1 Å². The maximum Gasteiger partial charge on any atom is 0.221 e. The van der Waals surface area contributed by atoms with Crippen molar-refractivity contribution in [2.75, 3.05) is 11.9 Å². The molecule has 0 spiro atoms. The summed E-state index contributed by atoms with van der Waals surface area (Å²) in [7, 11) is 0. The Morgan fingerprint density at radius 3 is 2.80 bits per heavy atom. The van der Waals surface area contributed by atoms with Gasteiger partial charge in [0.2, 0.25) is 5.91 Å². The SMILES string of the molecule is CC(=O)Nc1ccc(OC[C@H](O)Cn2cncn2)cc1. The fourth-order valence-electron chi connectivity index (χ4n) is 1.63. The Hall–Kier alpha value is -2.41. The molecule has 20 heavy (non-hydrogen) atoms. The van der Waals surface area contributed by atoms with Gasteiger partial charge < -0.3 is 15.2 Å². The standard InChI is InChI=1S/C13H16N4O3/c1-10(18)16-11-2-4-13(5-3-11)20-7-12(19)6-17-9-14-8-15-17/h2-5,8-9,12,19H,6-7H2,1H3,(H,16,18)/t12-/m1/s1. The van der Waals surface area contributed by atoms with Crippen molar-refractivity contribution in [1.82, 2.24) is 14.8 Å². The lowest BCUT2D eigenvalue weighted by molar-refractivity contribution is -0.114. The van der Waals surface area contributed by atoms with Crippen molar-refractivity contribution in [2.45, 2.75) is 19.6 Å². The number of hydrogen-bond donors (Lipinski definition) is 2. The molecular weight excluding hydrogens is 260 g/mol. The van der Waals surface area contributed by atoms with Gasteiger partial charge >= 0.3 is 0 Å². The first-order valence-electron chi connectivity index (χ1n) is 6.14. The van der Waals surface area contributed by atoms with Gasteiger partial charge in [-0.25, -0.2) is 4.98 Å². The molecule has 0 bridgehead atoms. The van der Waals surface area contributed by atoms with Gasteiger partial charge in [0.1, 0.15) is 31.1 Å². The number of rotatable bonds is 6. The van der Waals surface area contributed by atoms with Crippen molar-refractivity contribution >= 4 is 11.6 Å². The fourth-order valence-corrected chi connectivity index (χ4v) is 1.63. The van der Waals surface area contributed by atoms with Crippen LogP contribution in [0.2, 0.25) is 0 Å². The third-order valence-electron chi connectivity index (χ3n) is 2.48. The molecular formula is C13H16N4O3. The van der Waals surface area contributed by atoms with Crippen LogP contribution >= 0.6 is 0 Å². The summed E-state index contributed by atoms with van der Waals surface area (Å²) in [5.41, 5.74) is 0.702. The van der Waals surface area contributed by atoms with Crippen molar-refractivity contribution in [3.8, 4) is 5.75 Å². The largest absolute Gasteiger partial charge is 0.491 e. The molecule has 0 aliphatic rings. The van der Waals surface area contributed by atoms with E-state index < -0.39 is 6.10 Å². The van der Waals surface area contributed by atoms with Gasteiger partial charge in [-0.15, -0.1) is 0 Å². The van der Waals surface area contributed by atoms with E-state index in [1.165, 1.54) is 24.3 Å². The molecule has 0 fully saturated rings. The van der Waals surface area contributed by atoms with E-state index in [0.29, 0.717) is 18.0 Å². The number of carbonyl (C=O) groups excluding carboxylic acids is 1. The first-order valence-corrected chi connectivity index (χ1v) is 6.14. The molecule has 7 nitrogen and oxygen atoms in total. The zero-order valence-corrected chi connectivity index (χ0v) is 11.1. The van der Waals surface area contributed by atoms with Crippen LogP contribution in [0.1, 0.15) is 6.92 Å². The molecule has 0 aliphatic carbocycles. The van der Waals surface area contributed by atoms with E-state index in [-0.39, 0.29) is 12.5 Å². The quantitative estimate of drug-likeness (QED) is 0.809. The lowest BCUT2D eigenvalue weighted by Crippen LogP contribution is -2.23. The number of benzene rings is 1. The Kier molecular flexibility index (Phi) is 4.67. The van der Waals surface area contributed by atoms with E-state index in [1.54, 1.807) is 24.3 Å². The number of nitrogens with one attached hydrogen (secondary N) is 1. The summed E-state index contributed by atoms with van der Waals surface area (Å²) < 4.78 is 6.99. The highest BCUT2D eigenvalue weighted by molar-refractivity contribution is 5.88. The lowest BCUT2D eigenvalue weighted by Gasteiger charge is -2.12. The number of nitrogens with zero attached hydrogens (tertiary/aromatic N) is 3. The van der Waals surface area contributed by atoms with Crippen LogP contribution in [0.5, 0.6) is 5.75 Å². The topological polar surface area (TPSA) is 89.3 Å². The highest BCUT2D eigenvalue weighted by atomic mass is 16.5. The van der Waals surface area contributed by atoms with E-state index in [4.69, 9.17) is 4.74 Å². The van der Waals surface area contributed by atoms with E-state index >= 15 is 0 Å². The Balaban J connectivity index is 1.80. The van der Waals surface area contributed by atoms with Crippen molar-refractivity contribution < 1.29 is 14.6 Å². The van der Waals surface area contributed by atoms with Crippen LogP contribution in [0.3, 0.4) is 0 Å². The molecule has 2 rings (SSSR count). The van der Waals surface area contributed by atoms with E-state index in [9.17, 15) is 9.90 Å². The van der Waals surface area contributed by atoms with Gasteiger partial charge in [0.25, 0.3) is 0 Å². The molecule has 1 atom stereocenters. The highest BCUT2D eigenvalue weighted by Gasteiger charge is 2.07. The number of hydrogen-bond acceptors (Lipinski definition) is 5. The molecule has 0 saturated heterocycles. The zero-order chi connectivity index (χ0) is 14.4. The van der Waals surface area contributed by atoms with Gasteiger partial charge in [-0.3, -0.25) is 9.48 Å². The average molecular weight is 276 g/mol. The Labute approximate surface area is 116 Å². The summed E-state index contributed by atoms with van der Waals surface area (Å²) >= 11 is 0. The van der Waals surface area contributed by atoms with Crippen molar-refractivity contribution in [3.63, 3.8) is 0 Å². The molecule has 0 saturated carbocycles. The number of aliphatic hydroxyl groups excluding tert-OH is 1. The monoisotopic (exact) mass is 276 g/mol. The normalized spacial score (nSPS) is 11.9. The van der Waals surface area contributed by atoms with Crippen molar-refractivity contribution in [3.05, 3.63) is 36.9 Å². The molecule has 106 valence electrons. The molecule has 7 heteroatoms. The summed E-state index contributed by atoms with van der Waals surface area (Å²) in [6.45, 7) is 1.92. The smallest absolute Gasteiger partial charge is 0.221 e. The molecule has 1 aromatic heterocycles. The third kappa shape index (κ3) is 4.36. The van der Waals surface area contributed by atoms with Gasteiger partial charge in [-0.05, 0) is 24.3 Å². The maximum atomic E-state index is 10.9. The summed E-state index contributed by atoms with van der Waals surface area (Å²) in [6.07, 6.45) is 2.27. The number of anilines is 1. The van der Waals surface area contributed by atoms with E-state index in [0.717, 1.165) is 0 Å². The predicted octanol–water partition coefficient (Wildman–Crippen LogP) is 0.676. The second-order valence-electron chi connectivity index (χ2n) is 4.29. The van der Waals surface area contributed by atoms with Gasteiger partial charge in [0.05, 0.1) is 6.54 Å². The Morgan fingerprint density at radius 2 is 2.20 bits per heavy atom.